The number of H-pyrrole nitrogens is 1. The molecule has 0 unspecified atom stereocenters. The number of amides is 1. The molecule has 0 radical (unpaired) electrons. The van der Waals surface area contributed by atoms with Crippen LogP contribution in [0, 0.1) is 6.92 Å². The van der Waals surface area contributed by atoms with Crippen molar-refractivity contribution in [2.45, 2.75) is 31.2 Å². The summed E-state index contributed by atoms with van der Waals surface area (Å²) < 4.78 is 5.25. The Bertz CT molecular complexity index is 858. The predicted molar refractivity (Wildman–Crippen MR) is 113 cm³/mol. The molecule has 2 rings (SSSR count). The molecule has 0 aliphatic rings. The molecular formula is C18H22ClN3O3S2. The van der Waals surface area contributed by atoms with Crippen LogP contribution in [0.25, 0.3) is 0 Å². The van der Waals surface area contributed by atoms with E-state index < -0.39 is 0 Å². The van der Waals surface area contributed by atoms with Crippen molar-refractivity contribution < 1.29 is 9.53 Å². The van der Waals surface area contributed by atoms with Crippen LogP contribution in [0.3, 0.4) is 0 Å². The zero-order valence-electron chi connectivity index (χ0n) is 15.4. The molecule has 1 aromatic carbocycles. The zero-order chi connectivity index (χ0) is 19.8. The Morgan fingerprint density at radius 2 is 2.15 bits per heavy atom. The van der Waals surface area contributed by atoms with Gasteiger partial charge in [-0.15, -0.1) is 0 Å². The van der Waals surface area contributed by atoms with Gasteiger partial charge in [-0.1, -0.05) is 30.3 Å². The van der Waals surface area contributed by atoms with Crippen molar-refractivity contribution in [3.63, 3.8) is 0 Å². The Hall–Kier alpha value is -1.64. The van der Waals surface area contributed by atoms with Crippen LogP contribution in [0.15, 0.2) is 28.2 Å². The number of benzene rings is 1. The number of hydrogen-bond donors (Lipinski definition) is 2. The highest BCUT2D eigenvalue weighted by molar-refractivity contribution is 7.99. The van der Waals surface area contributed by atoms with Crippen molar-refractivity contribution in [2.24, 2.45) is 0 Å². The molecule has 1 heterocycles. The van der Waals surface area contributed by atoms with Crippen molar-refractivity contribution >= 4 is 46.7 Å². The fourth-order valence-electron chi connectivity index (χ4n) is 2.20. The number of ether oxygens (including phenoxy) is 1. The quantitative estimate of drug-likeness (QED) is 0.356. The van der Waals surface area contributed by atoms with Crippen LogP contribution in [0.4, 0.5) is 5.69 Å². The molecule has 0 atom stereocenters. The van der Waals surface area contributed by atoms with E-state index in [1.165, 1.54) is 24.9 Å². The number of carbonyl (C=O) groups is 1. The van der Waals surface area contributed by atoms with Gasteiger partial charge < -0.3 is 15.0 Å². The molecule has 6 nitrogen and oxygen atoms in total. The van der Waals surface area contributed by atoms with Gasteiger partial charge in [-0.25, -0.2) is 4.98 Å². The third-order valence-electron chi connectivity index (χ3n) is 3.47. The number of rotatable bonds is 9. The first kappa shape index (κ1) is 21.7. The molecule has 146 valence electrons. The molecule has 1 amide bonds. The number of aromatic nitrogens is 2. The summed E-state index contributed by atoms with van der Waals surface area (Å²) in [6, 6.07) is 4.92. The van der Waals surface area contributed by atoms with Gasteiger partial charge in [0.15, 0.2) is 5.16 Å². The first-order chi connectivity index (χ1) is 12.9. The maximum absolute atomic E-state index is 12.3. The first-order valence-electron chi connectivity index (χ1n) is 8.37. The second kappa shape index (κ2) is 10.6. The van der Waals surface area contributed by atoms with E-state index in [-0.39, 0.29) is 17.2 Å². The van der Waals surface area contributed by atoms with Gasteiger partial charge in [-0.3, -0.25) is 9.59 Å². The van der Waals surface area contributed by atoms with Crippen molar-refractivity contribution in [1.29, 1.82) is 0 Å². The van der Waals surface area contributed by atoms with E-state index in [0.29, 0.717) is 27.4 Å². The van der Waals surface area contributed by atoms with Crippen LogP contribution in [-0.4, -0.2) is 34.5 Å². The summed E-state index contributed by atoms with van der Waals surface area (Å²) in [7, 11) is 1.52. The van der Waals surface area contributed by atoms with Crippen LogP contribution < -0.4 is 15.6 Å². The van der Waals surface area contributed by atoms with Gasteiger partial charge in [-0.05, 0) is 30.7 Å². The van der Waals surface area contributed by atoms with Crippen LogP contribution in [-0.2, 0) is 10.5 Å². The van der Waals surface area contributed by atoms with Gasteiger partial charge in [0.1, 0.15) is 5.75 Å². The Kier molecular flexibility index (Phi) is 8.53. The Morgan fingerprint density at radius 1 is 1.37 bits per heavy atom. The monoisotopic (exact) mass is 427 g/mol. The largest absolute Gasteiger partial charge is 0.495 e. The van der Waals surface area contributed by atoms with Gasteiger partial charge in [0.2, 0.25) is 5.91 Å². The summed E-state index contributed by atoms with van der Waals surface area (Å²) in [6.07, 6.45) is 1.07. The summed E-state index contributed by atoms with van der Waals surface area (Å²) in [6.45, 7) is 3.96. The number of methoxy groups -OCH3 is 1. The Labute approximate surface area is 171 Å². The maximum atomic E-state index is 12.3. The number of hydrogen-bond acceptors (Lipinski definition) is 6. The molecule has 0 aliphatic carbocycles. The smallest absolute Gasteiger partial charge is 0.251 e. The van der Waals surface area contributed by atoms with Crippen molar-refractivity contribution in [3.05, 3.63) is 44.8 Å². The third-order valence-corrected chi connectivity index (χ3v) is 5.94. The summed E-state index contributed by atoms with van der Waals surface area (Å²) in [4.78, 5) is 31.1. The molecule has 9 heteroatoms. The number of carbonyl (C=O) groups excluding carboxylic acids is 1. The SMILES string of the molecule is CCCSCc1cc(=O)[nH]c(SCC(=O)Nc2cc(C)c(Cl)cc2OC)n1. The van der Waals surface area contributed by atoms with Gasteiger partial charge >= 0.3 is 0 Å². The topological polar surface area (TPSA) is 84.1 Å². The summed E-state index contributed by atoms with van der Waals surface area (Å²) in [5.41, 5.74) is 1.89. The van der Waals surface area contributed by atoms with E-state index in [0.717, 1.165) is 23.4 Å². The Morgan fingerprint density at radius 3 is 2.85 bits per heavy atom. The first-order valence-corrected chi connectivity index (χ1v) is 10.9. The van der Waals surface area contributed by atoms with E-state index in [1.807, 2.05) is 6.92 Å². The maximum Gasteiger partial charge on any atom is 0.251 e. The number of nitrogens with zero attached hydrogens (tertiary/aromatic N) is 1. The van der Waals surface area contributed by atoms with Crippen molar-refractivity contribution in [3.8, 4) is 5.75 Å². The standard InChI is InChI=1S/C18H22ClN3O3S2/c1-4-5-26-9-12-7-16(23)22-18(20-12)27-10-17(24)21-14-6-11(2)13(19)8-15(14)25-3/h6-8H,4-5,9-10H2,1-3H3,(H,21,24)(H,20,22,23). The lowest BCUT2D eigenvalue weighted by Crippen LogP contribution is -2.16. The highest BCUT2D eigenvalue weighted by Gasteiger charge is 2.12. The van der Waals surface area contributed by atoms with Gasteiger partial charge in [0, 0.05) is 22.9 Å². The zero-order valence-corrected chi connectivity index (χ0v) is 17.8. The minimum atomic E-state index is -0.228. The average Bonchev–Trinajstić information content (AvgIpc) is 2.62. The predicted octanol–water partition coefficient (Wildman–Crippen LogP) is 4.11. The molecule has 2 aromatic rings. The number of anilines is 1. The van der Waals surface area contributed by atoms with Gasteiger partial charge in [0.05, 0.1) is 24.2 Å². The lowest BCUT2D eigenvalue weighted by atomic mass is 10.2. The fourth-order valence-corrected chi connectivity index (χ4v) is 3.84. The highest BCUT2D eigenvalue weighted by Crippen LogP contribution is 2.31. The van der Waals surface area contributed by atoms with Crippen LogP contribution >= 0.6 is 35.1 Å². The summed E-state index contributed by atoms with van der Waals surface area (Å²) >= 11 is 8.99. The summed E-state index contributed by atoms with van der Waals surface area (Å²) in [5, 5.41) is 3.81. The molecule has 2 N–H and O–H groups in total. The molecule has 0 saturated heterocycles. The molecule has 0 aliphatic heterocycles. The normalized spacial score (nSPS) is 10.7. The molecular weight excluding hydrogens is 406 g/mol. The molecule has 1 aromatic heterocycles. The highest BCUT2D eigenvalue weighted by atomic mass is 35.5. The third kappa shape index (κ3) is 6.79. The second-order valence-corrected chi connectivity index (χ2v) is 8.21. The minimum absolute atomic E-state index is 0.110. The van der Waals surface area contributed by atoms with E-state index in [1.54, 1.807) is 23.9 Å². The van der Waals surface area contributed by atoms with Crippen molar-refractivity contribution in [1.82, 2.24) is 9.97 Å². The van der Waals surface area contributed by atoms with E-state index in [9.17, 15) is 9.59 Å². The van der Waals surface area contributed by atoms with E-state index >= 15 is 0 Å². The number of aromatic amines is 1. The van der Waals surface area contributed by atoms with E-state index in [4.69, 9.17) is 16.3 Å². The number of thioether (sulfide) groups is 2. The van der Waals surface area contributed by atoms with Gasteiger partial charge in [0.25, 0.3) is 5.56 Å². The van der Waals surface area contributed by atoms with Crippen molar-refractivity contribution in [2.75, 3.05) is 23.9 Å². The average molecular weight is 428 g/mol. The number of nitrogens with one attached hydrogen (secondary N) is 2. The van der Waals surface area contributed by atoms with E-state index in [2.05, 4.69) is 22.2 Å². The molecule has 0 saturated carbocycles. The lowest BCUT2D eigenvalue weighted by molar-refractivity contribution is -0.113. The molecule has 0 bridgehead atoms. The molecule has 0 fully saturated rings. The van der Waals surface area contributed by atoms with Crippen LogP contribution in [0.5, 0.6) is 5.75 Å². The number of halogens is 1. The van der Waals surface area contributed by atoms with Gasteiger partial charge in [-0.2, -0.15) is 11.8 Å². The fraction of sp³-hybridized carbons (Fsp3) is 0.389. The van der Waals surface area contributed by atoms with Crippen LogP contribution in [0.1, 0.15) is 24.6 Å². The minimum Gasteiger partial charge on any atom is -0.495 e. The summed E-state index contributed by atoms with van der Waals surface area (Å²) in [5.74, 6) is 2.07. The molecule has 0 spiro atoms. The Balaban J connectivity index is 1.99. The molecule has 27 heavy (non-hydrogen) atoms. The number of aryl methyl sites for hydroxylation is 1. The van der Waals surface area contributed by atoms with Crippen LogP contribution in [0.2, 0.25) is 5.02 Å². The lowest BCUT2D eigenvalue weighted by Gasteiger charge is -2.12. The second-order valence-electron chi connectivity index (χ2n) is 5.73.